The molecule has 2 nitrogen and oxygen atoms in total. The Morgan fingerprint density at radius 3 is 2.40 bits per heavy atom. The molecule has 2 rings (SSSR count). The minimum absolute atomic E-state index is 0.254. The van der Waals surface area contributed by atoms with E-state index in [2.05, 4.69) is 73.9 Å². The Bertz CT molecular complexity index is 522. The second kappa shape index (κ2) is 7.22. The molecule has 0 aliphatic rings. The summed E-state index contributed by atoms with van der Waals surface area (Å²) in [5, 5.41) is 0. The lowest BCUT2D eigenvalue weighted by atomic mass is 9.86. The first-order chi connectivity index (χ1) is 9.74. The largest absolute Gasteiger partial charge is 0.271 e. The molecule has 3 N–H and O–H groups in total. The van der Waals surface area contributed by atoms with E-state index in [0.717, 1.165) is 12.8 Å². The Balaban J connectivity index is 2.18. The van der Waals surface area contributed by atoms with Gasteiger partial charge in [0.2, 0.25) is 0 Å². The quantitative estimate of drug-likeness (QED) is 0.621. The molecule has 0 amide bonds. The van der Waals surface area contributed by atoms with Crippen LogP contribution in [0.4, 0.5) is 0 Å². The summed E-state index contributed by atoms with van der Waals surface area (Å²) in [6, 6.07) is 19.5. The first-order valence-corrected chi connectivity index (χ1v) is 7.31. The number of hydrogen-bond acceptors (Lipinski definition) is 2. The van der Waals surface area contributed by atoms with Gasteiger partial charge in [-0.25, -0.2) is 0 Å². The average Bonchev–Trinajstić information content (AvgIpc) is 2.48. The van der Waals surface area contributed by atoms with E-state index in [4.69, 9.17) is 5.84 Å². The smallest absolute Gasteiger partial charge is 0.0319 e. The molecule has 0 saturated heterocycles. The normalized spacial score (nSPS) is 13.9. The second-order valence-electron chi connectivity index (χ2n) is 5.39. The van der Waals surface area contributed by atoms with Crippen LogP contribution in [0.3, 0.4) is 0 Å². The molecule has 0 spiro atoms. The Morgan fingerprint density at radius 2 is 1.80 bits per heavy atom. The monoisotopic (exact) mass is 268 g/mol. The van der Waals surface area contributed by atoms with Gasteiger partial charge in [-0.05, 0) is 30.9 Å². The van der Waals surface area contributed by atoms with E-state index in [1.807, 2.05) is 0 Å². The highest BCUT2D eigenvalue weighted by Gasteiger charge is 2.20. The summed E-state index contributed by atoms with van der Waals surface area (Å²) in [7, 11) is 0. The predicted octanol–water partition coefficient (Wildman–Crippen LogP) is 3.56. The van der Waals surface area contributed by atoms with Crippen molar-refractivity contribution < 1.29 is 0 Å². The van der Waals surface area contributed by atoms with Crippen LogP contribution in [0.1, 0.15) is 36.0 Å². The Hall–Kier alpha value is -1.64. The zero-order chi connectivity index (χ0) is 14.4. The van der Waals surface area contributed by atoms with Gasteiger partial charge >= 0.3 is 0 Å². The summed E-state index contributed by atoms with van der Waals surface area (Å²) in [4.78, 5) is 0. The molecule has 2 aromatic rings. The van der Waals surface area contributed by atoms with E-state index >= 15 is 0 Å². The molecule has 0 aliphatic heterocycles. The van der Waals surface area contributed by atoms with E-state index in [1.165, 1.54) is 16.7 Å². The fourth-order valence-corrected chi connectivity index (χ4v) is 2.86. The van der Waals surface area contributed by atoms with Crippen LogP contribution < -0.4 is 11.3 Å². The topological polar surface area (TPSA) is 38.0 Å². The van der Waals surface area contributed by atoms with E-state index in [9.17, 15) is 0 Å². The standard InChI is InChI=1S/C18H24N2/c1-3-17(16-10-5-4-6-11-16)18(20-19)13-15-9-7-8-14(2)12-15/h4-12,17-18,20H,3,13,19H2,1-2H3. The van der Waals surface area contributed by atoms with Crippen LogP contribution in [0.5, 0.6) is 0 Å². The van der Waals surface area contributed by atoms with Crippen molar-refractivity contribution in [3.05, 3.63) is 71.3 Å². The molecule has 0 heterocycles. The summed E-state index contributed by atoms with van der Waals surface area (Å²) in [6.45, 7) is 4.35. The van der Waals surface area contributed by atoms with Crippen molar-refractivity contribution in [1.29, 1.82) is 0 Å². The molecular weight excluding hydrogens is 244 g/mol. The Labute approximate surface area is 122 Å². The highest BCUT2D eigenvalue weighted by molar-refractivity contribution is 5.26. The lowest BCUT2D eigenvalue weighted by molar-refractivity contribution is 0.427. The summed E-state index contributed by atoms with van der Waals surface area (Å²) in [5.41, 5.74) is 7.00. The highest BCUT2D eigenvalue weighted by Crippen LogP contribution is 2.25. The molecular formula is C18H24N2. The van der Waals surface area contributed by atoms with Crippen molar-refractivity contribution in [1.82, 2.24) is 5.43 Å². The third-order valence-corrected chi connectivity index (χ3v) is 3.91. The number of rotatable bonds is 6. The van der Waals surface area contributed by atoms with E-state index in [-0.39, 0.29) is 6.04 Å². The van der Waals surface area contributed by atoms with Gasteiger partial charge in [0.1, 0.15) is 0 Å². The van der Waals surface area contributed by atoms with E-state index in [1.54, 1.807) is 0 Å². The summed E-state index contributed by atoms with van der Waals surface area (Å²) < 4.78 is 0. The number of aryl methyl sites for hydroxylation is 1. The van der Waals surface area contributed by atoms with Crippen molar-refractivity contribution in [2.24, 2.45) is 5.84 Å². The average molecular weight is 268 g/mol. The Morgan fingerprint density at radius 1 is 1.05 bits per heavy atom. The molecule has 20 heavy (non-hydrogen) atoms. The van der Waals surface area contributed by atoms with Gasteiger partial charge in [-0.2, -0.15) is 0 Å². The van der Waals surface area contributed by atoms with Crippen LogP contribution in [0.15, 0.2) is 54.6 Å². The van der Waals surface area contributed by atoms with Gasteiger partial charge in [0.05, 0.1) is 0 Å². The summed E-state index contributed by atoms with van der Waals surface area (Å²) >= 11 is 0. The molecule has 106 valence electrons. The van der Waals surface area contributed by atoms with Crippen LogP contribution >= 0.6 is 0 Å². The number of benzene rings is 2. The van der Waals surface area contributed by atoms with Crippen molar-refractivity contribution in [3.8, 4) is 0 Å². The van der Waals surface area contributed by atoms with E-state index in [0.29, 0.717) is 5.92 Å². The number of hydrazine groups is 1. The second-order valence-corrected chi connectivity index (χ2v) is 5.39. The third kappa shape index (κ3) is 3.69. The molecule has 0 aromatic heterocycles. The number of hydrogen-bond donors (Lipinski definition) is 2. The molecule has 0 aliphatic carbocycles. The van der Waals surface area contributed by atoms with Gasteiger partial charge in [-0.3, -0.25) is 11.3 Å². The third-order valence-electron chi connectivity index (χ3n) is 3.91. The summed E-state index contributed by atoms with van der Waals surface area (Å²) in [6.07, 6.45) is 2.02. The summed E-state index contributed by atoms with van der Waals surface area (Å²) in [5.74, 6) is 6.25. The molecule has 2 atom stereocenters. The maximum absolute atomic E-state index is 5.82. The van der Waals surface area contributed by atoms with Gasteiger partial charge in [0.15, 0.2) is 0 Å². The lowest BCUT2D eigenvalue weighted by Crippen LogP contribution is -2.41. The molecule has 0 bridgehead atoms. The van der Waals surface area contributed by atoms with Gasteiger partial charge < -0.3 is 0 Å². The number of nitrogens with two attached hydrogens (primary N) is 1. The van der Waals surface area contributed by atoms with Crippen LogP contribution in [0, 0.1) is 6.92 Å². The van der Waals surface area contributed by atoms with Gasteiger partial charge in [-0.15, -0.1) is 0 Å². The van der Waals surface area contributed by atoms with E-state index < -0.39 is 0 Å². The maximum Gasteiger partial charge on any atom is 0.0319 e. The minimum atomic E-state index is 0.254. The van der Waals surface area contributed by atoms with Crippen LogP contribution in [-0.2, 0) is 6.42 Å². The van der Waals surface area contributed by atoms with Crippen molar-refractivity contribution in [3.63, 3.8) is 0 Å². The molecule has 0 saturated carbocycles. The molecule has 2 unspecified atom stereocenters. The molecule has 0 radical (unpaired) electrons. The van der Waals surface area contributed by atoms with Crippen molar-refractivity contribution >= 4 is 0 Å². The van der Waals surface area contributed by atoms with Crippen LogP contribution in [-0.4, -0.2) is 6.04 Å². The van der Waals surface area contributed by atoms with Gasteiger partial charge in [0, 0.05) is 12.0 Å². The SMILES string of the molecule is CCC(c1ccccc1)C(Cc1cccc(C)c1)NN. The zero-order valence-corrected chi connectivity index (χ0v) is 12.3. The zero-order valence-electron chi connectivity index (χ0n) is 12.3. The van der Waals surface area contributed by atoms with Crippen molar-refractivity contribution in [2.45, 2.75) is 38.6 Å². The lowest BCUT2D eigenvalue weighted by Gasteiger charge is -2.26. The number of nitrogens with one attached hydrogen (secondary N) is 1. The fourth-order valence-electron chi connectivity index (χ4n) is 2.86. The molecule has 0 fully saturated rings. The Kier molecular flexibility index (Phi) is 5.33. The first kappa shape index (κ1) is 14.8. The molecule has 2 aromatic carbocycles. The van der Waals surface area contributed by atoms with Crippen molar-refractivity contribution in [2.75, 3.05) is 0 Å². The highest BCUT2D eigenvalue weighted by atomic mass is 15.2. The van der Waals surface area contributed by atoms with Gasteiger partial charge in [0.25, 0.3) is 0 Å². The fraction of sp³-hybridized carbons (Fsp3) is 0.333. The predicted molar refractivity (Wildman–Crippen MR) is 85.5 cm³/mol. The minimum Gasteiger partial charge on any atom is -0.271 e. The maximum atomic E-state index is 5.82. The molecule has 2 heteroatoms. The first-order valence-electron chi connectivity index (χ1n) is 7.31. The van der Waals surface area contributed by atoms with Crippen LogP contribution in [0.25, 0.3) is 0 Å². The van der Waals surface area contributed by atoms with Gasteiger partial charge in [-0.1, -0.05) is 67.1 Å². The van der Waals surface area contributed by atoms with Crippen LogP contribution in [0.2, 0.25) is 0 Å².